The van der Waals surface area contributed by atoms with Gasteiger partial charge in [-0.15, -0.1) is 0 Å². The normalized spacial score (nSPS) is 16.3. The number of ether oxygens (including phenoxy) is 1. The zero-order valence-corrected chi connectivity index (χ0v) is 12.1. The van der Waals surface area contributed by atoms with Crippen LogP contribution in [-0.2, 0) is 9.53 Å². The highest BCUT2D eigenvalue weighted by atomic mass is 16.5. The van der Waals surface area contributed by atoms with Gasteiger partial charge in [0.1, 0.15) is 23.5 Å². The van der Waals surface area contributed by atoms with Crippen LogP contribution in [0.15, 0.2) is 23.8 Å². The first kappa shape index (κ1) is 15.1. The van der Waals surface area contributed by atoms with Crippen LogP contribution in [0, 0.1) is 18.3 Å². The molecule has 0 radical (unpaired) electrons. The number of nitrogens with zero attached hydrogens (tertiary/aromatic N) is 1. The lowest BCUT2D eigenvalue weighted by atomic mass is 9.98. The zero-order chi connectivity index (χ0) is 15.2. The first-order valence-electron chi connectivity index (χ1n) is 7.22. The van der Waals surface area contributed by atoms with Gasteiger partial charge in [0.05, 0.1) is 0 Å². The van der Waals surface area contributed by atoms with E-state index in [4.69, 9.17) is 10.00 Å². The van der Waals surface area contributed by atoms with Gasteiger partial charge in [0.25, 0.3) is 0 Å². The SMILES string of the molecule is Cc1cc(O)ccc1C=C(C#N)C(=O)OC1CCCCC1. The maximum absolute atomic E-state index is 12.1. The molecule has 1 N–H and O–H groups in total. The Hall–Kier alpha value is -2.28. The van der Waals surface area contributed by atoms with Crippen LogP contribution in [0.1, 0.15) is 43.2 Å². The minimum Gasteiger partial charge on any atom is -0.508 e. The molecule has 1 aromatic carbocycles. The predicted molar refractivity (Wildman–Crippen MR) is 79.4 cm³/mol. The summed E-state index contributed by atoms with van der Waals surface area (Å²) in [5, 5.41) is 18.5. The Balaban J connectivity index is 2.12. The summed E-state index contributed by atoms with van der Waals surface area (Å²) in [6.07, 6.45) is 6.53. The fourth-order valence-electron chi connectivity index (χ4n) is 2.51. The van der Waals surface area contributed by atoms with Crippen LogP contribution in [0.2, 0.25) is 0 Å². The zero-order valence-electron chi connectivity index (χ0n) is 12.1. The van der Waals surface area contributed by atoms with E-state index in [1.807, 2.05) is 13.0 Å². The molecule has 0 bridgehead atoms. The summed E-state index contributed by atoms with van der Waals surface area (Å²) in [5.74, 6) is -0.398. The van der Waals surface area contributed by atoms with Crippen molar-refractivity contribution in [3.05, 3.63) is 34.9 Å². The summed E-state index contributed by atoms with van der Waals surface area (Å²) in [6.45, 7) is 1.81. The first-order chi connectivity index (χ1) is 10.1. The molecule has 4 nitrogen and oxygen atoms in total. The highest BCUT2D eigenvalue weighted by Gasteiger charge is 2.20. The van der Waals surface area contributed by atoms with Crippen LogP contribution in [0.5, 0.6) is 5.75 Å². The van der Waals surface area contributed by atoms with Gasteiger partial charge in [-0.05, 0) is 61.9 Å². The maximum atomic E-state index is 12.1. The Kier molecular flexibility index (Phi) is 4.99. The molecule has 0 aliphatic heterocycles. The van der Waals surface area contributed by atoms with Crippen molar-refractivity contribution >= 4 is 12.0 Å². The number of carbonyl (C=O) groups excluding carboxylic acids is 1. The summed E-state index contributed by atoms with van der Waals surface area (Å²) in [4.78, 5) is 12.1. The van der Waals surface area contributed by atoms with Crippen LogP contribution in [0.4, 0.5) is 0 Å². The van der Waals surface area contributed by atoms with Gasteiger partial charge >= 0.3 is 5.97 Å². The molecule has 1 fully saturated rings. The quantitative estimate of drug-likeness (QED) is 0.524. The van der Waals surface area contributed by atoms with Crippen molar-refractivity contribution in [3.8, 4) is 11.8 Å². The molecule has 0 spiro atoms. The molecular weight excluding hydrogens is 266 g/mol. The molecule has 21 heavy (non-hydrogen) atoms. The van der Waals surface area contributed by atoms with Gasteiger partial charge in [-0.25, -0.2) is 4.79 Å². The standard InChI is InChI=1S/C17H19NO3/c1-12-9-15(19)8-7-13(12)10-14(11-18)17(20)21-16-5-3-2-4-6-16/h7-10,16,19H,2-6H2,1H3. The molecule has 0 aromatic heterocycles. The smallest absolute Gasteiger partial charge is 0.349 e. The van der Waals surface area contributed by atoms with E-state index in [2.05, 4.69) is 0 Å². The summed E-state index contributed by atoms with van der Waals surface area (Å²) in [5.41, 5.74) is 1.52. The highest BCUT2D eigenvalue weighted by molar-refractivity contribution is 5.98. The Morgan fingerprint density at radius 2 is 2.10 bits per heavy atom. The fraction of sp³-hybridized carbons (Fsp3) is 0.412. The van der Waals surface area contributed by atoms with Crippen LogP contribution in [-0.4, -0.2) is 17.2 Å². The van der Waals surface area contributed by atoms with Gasteiger partial charge in [0.15, 0.2) is 0 Å². The van der Waals surface area contributed by atoms with Gasteiger partial charge in [-0.2, -0.15) is 5.26 Å². The highest BCUT2D eigenvalue weighted by Crippen LogP contribution is 2.22. The molecule has 4 heteroatoms. The fourth-order valence-corrected chi connectivity index (χ4v) is 2.51. The molecule has 2 rings (SSSR count). The van der Waals surface area contributed by atoms with Crippen molar-refractivity contribution in [2.24, 2.45) is 0 Å². The van der Waals surface area contributed by atoms with Gasteiger partial charge in [0, 0.05) is 0 Å². The topological polar surface area (TPSA) is 70.3 Å². The first-order valence-corrected chi connectivity index (χ1v) is 7.22. The van der Waals surface area contributed by atoms with Gasteiger partial charge in [-0.1, -0.05) is 12.5 Å². The Morgan fingerprint density at radius 3 is 2.71 bits per heavy atom. The summed E-state index contributed by atoms with van der Waals surface area (Å²) in [6, 6.07) is 6.70. The number of hydrogen-bond donors (Lipinski definition) is 1. The molecule has 1 saturated carbocycles. The Morgan fingerprint density at radius 1 is 1.38 bits per heavy atom. The van der Waals surface area contributed by atoms with E-state index < -0.39 is 5.97 Å². The van der Waals surface area contributed by atoms with Crippen molar-refractivity contribution in [2.75, 3.05) is 0 Å². The number of nitriles is 1. The molecular formula is C17H19NO3. The average molecular weight is 285 g/mol. The van der Waals surface area contributed by atoms with E-state index in [1.165, 1.54) is 18.6 Å². The van der Waals surface area contributed by atoms with Crippen LogP contribution < -0.4 is 0 Å². The molecule has 1 aromatic rings. The number of phenolic OH excluding ortho intramolecular Hbond substituents is 1. The van der Waals surface area contributed by atoms with Crippen molar-refractivity contribution in [1.82, 2.24) is 0 Å². The second kappa shape index (κ2) is 6.94. The lowest BCUT2D eigenvalue weighted by Gasteiger charge is -2.21. The van der Waals surface area contributed by atoms with E-state index in [-0.39, 0.29) is 17.4 Å². The monoisotopic (exact) mass is 285 g/mol. The van der Waals surface area contributed by atoms with Gasteiger partial charge < -0.3 is 9.84 Å². The summed E-state index contributed by atoms with van der Waals surface area (Å²) in [7, 11) is 0. The summed E-state index contributed by atoms with van der Waals surface area (Å²) >= 11 is 0. The van der Waals surface area contributed by atoms with Gasteiger partial charge in [-0.3, -0.25) is 0 Å². The molecule has 0 unspecified atom stereocenters. The number of phenols is 1. The molecule has 0 heterocycles. The molecule has 0 saturated heterocycles. The van der Waals surface area contributed by atoms with E-state index in [9.17, 15) is 9.90 Å². The number of aromatic hydroxyl groups is 1. The maximum Gasteiger partial charge on any atom is 0.349 e. The van der Waals surface area contributed by atoms with E-state index in [0.29, 0.717) is 0 Å². The van der Waals surface area contributed by atoms with Crippen molar-refractivity contribution in [1.29, 1.82) is 5.26 Å². The molecule has 110 valence electrons. The van der Waals surface area contributed by atoms with Crippen molar-refractivity contribution in [3.63, 3.8) is 0 Å². The minimum absolute atomic E-state index is 0.00522. The number of esters is 1. The largest absolute Gasteiger partial charge is 0.508 e. The summed E-state index contributed by atoms with van der Waals surface area (Å²) < 4.78 is 5.40. The Labute approximate surface area is 124 Å². The van der Waals surface area contributed by atoms with Crippen LogP contribution >= 0.6 is 0 Å². The second-order valence-electron chi connectivity index (χ2n) is 5.38. The molecule has 1 aliphatic carbocycles. The van der Waals surface area contributed by atoms with E-state index >= 15 is 0 Å². The lowest BCUT2D eigenvalue weighted by molar-refractivity contribution is -0.145. The Bertz CT molecular complexity index is 593. The van der Waals surface area contributed by atoms with Crippen LogP contribution in [0.3, 0.4) is 0 Å². The number of carbonyl (C=O) groups is 1. The number of hydrogen-bond acceptors (Lipinski definition) is 4. The second-order valence-corrected chi connectivity index (χ2v) is 5.38. The van der Waals surface area contributed by atoms with Crippen molar-refractivity contribution in [2.45, 2.75) is 45.1 Å². The third-order valence-electron chi connectivity index (χ3n) is 3.72. The van der Waals surface area contributed by atoms with Gasteiger partial charge in [0.2, 0.25) is 0 Å². The average Bonchev–Trinajstić information content (AvgIpc) is 2.47. The molecule has 1 aliphatic rings. The third kappa shape index (κ3) is 4.09. The molecule has 0 atom stereocenters. The number of aryl methyl sites for hydroxylation is 1. The van der Waals surface area contributed by atoms with Crippen LogP contribution in [0.25, 0.3) is 6.08 Å². The lowest BCUT2D eigenvalue weighted by Crippen LogP contribution is -2.21. The van der Waals surface area contributed by atoms with Crippen molar-refractivity contribution < 1.29 is 14.6 Å². The molecule has 0 amide bonds. The third-order valence-corrected chi connectivity index (χ3v) is 3.72. The number of rotatable bonds is 3. The predicted octanol–water partition coefficient (Wildman–Crippen LogP) is 3.48. The minimum atomic E-state index is -0.558. The van der Waals surface area contributed by atoms with E-state index in [1.54, 1.807) is 12.1 Å². The van der Waals surface area contributed by atoms with E-state index in [0.717, 1.165) is 36.8 Å². The number of benzene rings is 1.